The lowest BCUT2D eigenvalue weighted by Gasteiger charge is -2.09. The van der Waals surface area contributed by atoms with Crippen LogP contribution < -0.4 is 0 Å². The van der Waals surface area contributed by atoms with Crippen LogP contribution in [0.2, 0.25) is 0 Å². The molecule has 5 nitrogen and oxygen atoms in total. The summed E-state index contributed by atoms with van der Waals surface area (Å²) in [7, 11) is -0.966. The Bertz CT molecular complexity index is 177. The number of ketones is 1. The molecule has 0 saturated carbocycles. The highest BCUT2D eigenvalue weighted by Crippen LogP contribution is 2.56. The number of hydrogen-bond donors (Lipinski definition) is 2. The van der Waals surface area contributed by atoms with Gasteiger partial charge in [-0.25, -0.2) is 0 Å². The highest BCUT2D eigenvalue weighted by molar-refractivity contribution is 7.80. The molecule has 0 saturated heterocycles. The predicted molar refractivity (Wildman–Crippen MR) is 41.6 cm³/mol. The summed E-state index contributed by atoms with van der Waals surface area (Å²) >= 11 is 0. The van der Waals surface area contributed by atoms with Crippen LogP contribution in [0.4, 0.5) is 0 Å². The molecule has 0 fully saturated rings. The molecule has 0 aromatic rings. The normalized spacial score (nSPS) is 11.3. The molecule has 0 unspecified atom stereocenters. The smallest absolute Gasteiger partial charge is 0.289 e. The Hall–Kier alpha value is -0.350. The molecule has 0 amide bonds. The van der Waals surface area contributed by atoms with Gasteiger partial charge in [0.15, 0.2) is 0 Å². The van der Waals surface area contributed by atoms with Crippen molar-refractivity contribution in [3.63, 3.8) is 0 Å². The van der Waals surface area contributed by atoms with E-state index in [1.807, 2.05) is 0 Å². The van der Waals surface area contributed by atoms with Gasteiger partial charge in [-0.3, -0.25) is 10.2 Å². The Morgan fingerprint density at radius 3 is 1.91 bits per heavy atom. The Balaban J connectivity index is 4.50. The van der Waals surface area contributed by atoms with Crippen molar-refractivity contribution < 1.29 is 18.7 Å². The largest absolute Gasteiger partial charge is 0.468 e. The predicted octanol–water partition coefficient (Wildman–Crippen LogP) is 0.600. The molecule has 0 bridgehead atoms. The van der Waals surface area contributed by atoms with E-state index in [0.29, 0.717) is 0 Å². The number of carbonyl (C=O) groups excluding carboxylic acids is 1. The summed E-state index contributed by atoms with van der Waals surface area (Å²) in [5, 5.41) is 7.10. The van der Waals surface area contributed by atoms with Crippen molar-refractivity contribution in [2.45, 2.75) is 6.92 Å². The third kappa shape index (κ3) is 2.31. The van der Waals surface area contributed by atoms with Crippen molar-refractivity contribution in [1.29, 1.82) is 5.41 Å². The molecule has 0 aromatic heterocycles. The first-order chi connectivity index (χ1) is 4.98. The molecule has 6 heteroatoms. The highest BCUT2D eigenvalue weighted by atomic mass is 31.2. The molecule has 2 N–H and O–H groups in total. The van der Waals surface area contributed by atoms with Gasteiger partial charge in [0.05, 0.1) is 14.2 Å². The lowest BCUT2D eigenvalue weighted by atomic mass is 10.5. The van der Waals surface area contributed by atoms with Gasteiger partial charge in [0.25, 0.3) is 0 Å². The molecule has 0 aliphatic heterocycles. The van der Waals surface area contributed by atoms with E-state index in [1.165, 1.54) is 21.1 Å². The average molecular weight is 180 g/mol. The van der Waals surface area contributed by atoms with Crippen LogP contribution in [0.3, 0.4) is 0 Å². The van der Waals surface area contributed by atoms with Gasteiger partial charge in [0, 0.05) is 6.92 Å². The summed E-state index contributed by atoms with van der Waals surface area (Å²) in [6, 6.07) is 0. The fraction of sp³-hybridized carbons (Fsp3) is 0.600. The maximum Gasteiger partial charge on any atom is 0.468 e. The van der Waals surface area contributed by atoms with Crippen molar-refractivity contribution in [3.8, 4) is 0 Å². The van der Waals surface area contributed by atoms with Gasteiger partial charge in [-0.15, -0.1) is 0 Å². The minimum Gasteiger partial charge on any atom is -0.289 e. The zero-order valence-electron chi connectivity index (χ0n) is 6.62. The van der Waals surface area contributed by atoms with Crippen molar-refractivity contribution in [2.75, 3.05) is 14.2 Å². The molecule has 0 aliphatic rings. The van der Waals surface area contributed by atoms with Crippen molar-refractivity contribution in [2.24, 2.45) is 0 Å². The molecule has 0 rings (SSSR count). The van der Waals surface area contributed by atoms with Crippen LogP contribution in [0.5, 0.6) is 0 Å². The van der Waals surface area contributed by atoms with Crippen LogP contribution in [-0.2, 0) is 13.8 Å². The molecular weight excluding hydrogens is 169 g/mol. The van der Waals surface area contributed by atoms with Gasteiger partial charge in [-0.2, -0.15) is 13.9 Å². The van der Waals surface area contributed by atoms with Crippen LogP contribution in [-0.4, -0.2) is 30.3 Å². The first-order valence-corrected chi connectivity index (χ1v) is 4.39. The topological polar surface area (TPSA) is 79.6 Å². The second-order valence-corrected chi connectivity index (χ2v) is 4.01. The lowest BCUT2D eigenvalue weighted by Crippen LogP contribution is -2.16. The molecule has 11 heavy (non-hydrogen) atoms. The Labute approximate surface area is 65.4 Å². The monoisotopic (exact) mass is 180 g/mol. The Kier molecular flexibility index (Phi) is 3.75. The Morgan fingerprint density at radius 2 is 1.82 bits per heavy atom. The van der Waals surface area contributed by atoms with Crippen LogP contribution >= 0.6 is 7.94 Å². The highest BCUT2D eigenvalue weighted by Gasteiger charge is 2.47. The summed E-state index contributed by atoms with van der Waals surface area (Å²) in [5.41, 5.74) is -0.512. The molecule has 0 aromatic carbocycles. The zero-order chi connectivity index (χ0) is 9.07. The average Bonchev–Trinajstić information content (AvgIpc) is 2.01. The summed E-state index contributed by atoms with van der Waals surface area (Å²) in [4.78, 5) is 19.9. The maximum absolute atomic E-state index is 10.6. The summed E-state index contributed by atoms with van der Waals surface area (Å²) < 4.78 is 9.02. The van der Waals surface area contributed by atoms with Gasteiger partial charge in [0.2, 0.25) is 5.78 Å². The van der Waals surface area contributed by atoms with Gasteiger partial charge in [-0.05, 0) is 0 Å². The third-order valence-corrected chi connectivity index (χ3v) is 2.98. The fourth-order valence-corrected chi connectivity index (χ4v) is 1.37. The summed E-state index contributed by atoms with van der Waals surface area (Å²) in [6.07, 6.45) is 0. The van der Waals surface area contributed by atoms with E-state index in [-0.39, 0.29) is 0 Å². The first-order valence-electron chi connectivity index (χ1n) is 2.81. The van der Waals surface area contributed by atoms with E-state index in [2.05, 4.69) is 9.05 Å². The van der Waals surface area contributed by atoms with Crippen LogP contribution in [0.25, 0.3) is 0 Å². The van der Waals surface area contributed by atoms with Crippen molar-refractivity contribution >= 4 is 19.2 Å². The fourth-order valence-electron chi connectivity index (χ4n) is 0.456. The summed E-state index contributed by atoms with van der Waals surface area (Å²) in [5.74, 6) is -0.551. The number of nitrogens with one attached hydrogen (secondary N) is 1. The molecule has 64 valence electrons. The molecule has 0 spiro atoms. The standard InChI is InChI=1S/C5H11NO4P/c1-4(7)5(6)11(8,9-2)10-3/h6,8H,1-3H3/q+1. The van der Waals surface area contributed by atoms with Crippen molar-refractivity contribution in [1.82, 2.24) is 0 Å². The van der Waals surface area contributed by atoms with E-state index >= 15 is 0 Å². The molecule has 0 radical (unpaired) electrons. The van der Waals surface area contributed by atoms with Crippen LogP contribution in [0.1, 0.15) is 6.92 Å². The number of rotatable bonds is 4. The molecule has 0 atom stereocenters. The van der Waals surface area contributed by atoms with Crippen molar-refractivity contribution in [3.05, 3.63) is 0 Å². The maximum atomic E-state index is 10.6. The van der Waals surface area contributed by atoms with E-state index in [0.717, 1.165) is 0 Å². The minimum atomic E-state index is -3.34. The van der Waals surface area contributed by atoms with E-state index < -0.39 is 19.2 Å². The third-order valence-electron chi connectivity index (χ3n) is 1.11. The summed E-state index contributed by atoms with van der Waals surface area (Å²) in [6.45, 7) is 1.17. The first kappa shape index (κ1) is 10.7. The van der Waals surface area contributed by atoms with Crippen LogP contribution in [0.15, 0.2) is 0 Å². The lowest BCUT2D eigenvalue weighted by molar-refractivity contribution is -0.111. The zero-order valence-corrected chi connectivity index (χ0v) is 7.51. The second kappa shape index (κ2) is 3.88. The Morgan fingerprint density at radius 1 is 1.45 bits per heavy atom. The van der Waals surface area contributed by atoms with Crippen LogP contribution in [0, 0.1) is 5.41 Å². The van der Waals surface area contributed by atoms with E-state index in [1.54, 1.807) is 0 Å². The number of hydrogen-bond acceptors (Lipinski definition) is 5. The minimum absolute atomic E-state index is 0.512. The van der Waals surface area contributed by atoms with Gasteiger partial charge in [0.1, 0.15) is 0 Å². The van der Waals surface area contributed by atoms with E-state index in [9.17, 15) is 9.69 Å². The van der Waals surface area contributed by atoms with Gasteiger partial charge in [-0.1, -0.05) is 0 Å². The SMILES string of the molecule is CO[P+](O)(OC)C(=N)C(C)=O. The molecule has 0 heterocycles. The number of carbonyl (C=O) groups is 1. The van der Waals surface area contributed by atoms with Gasteiger partial charge >= 0.3 is 13.4 Å². The molecular formula is C5H11NO4P+. The quantitative estimate of drug-likeness (QED) is 0.490. The molecule has 0 aliphatic carbocycles. The van der Waals surface area contributed by atoms with E-state index in [4.69, 9.17) is 5.41 Å². The van der Waals surface area contributed by atoms with Gasteiger partial charge < -0.3 is 0 Å². The second-order valence-electron chi connectivity index (χ2n) is 1.79. The number of Topliss-reactive ketones (excluding diaryl/α,β-unsaturated/α-hetero) is 1.